The second-order valence-electron chi connectivity index (χ2n) is 3.87. The number of rotatable bonds is 5. The summed E-state index contributed by atoms with van der Waals surface area (Å²) in [6.07, 6.45) is -0.810. The summed E-state index contributed by atoms with van der Waals surface area (Å²) in [6, 6.07) is 7.76. The van der Waals surface area contributed by atoms with Gasteiger partial charge in [-0.1, -0.05) is 26.0 Å². The Morgan fingerprint density at radius 3 is 2.27 bits per heavy atom. The highest BCUT2D eigenvalue weighted by Gasteiger charge is 2.03. The maximum atomic E-state index is 9.09. The van der Waals surface area contributed by atoms with E-state index in [2.05, 4.69) is 13.8 Å². The van der Waals surface area contributed by atoms with Gasteiger partial charge in [-0.25, -0.2) is 0 Å². The van der Waals surface area contributed by atoms with Crippen LogP contribution in [0.5, 0.6) is 5.75 Å². The molecular formula is C12H18O3. The summed E-state index contributed by atoms with van der Waals surface area (Å²) in [5.41, 5.74) is 1.25. The smallest absolute Gasteiger partial charge is 0.119 e. The molecule has 1 unspecified atom stereocenters. The molecule has 0 fully saturated rings. The molecule has 1 aromatic rings. The standard InChI is InChI=1S/C12H18O3/c1-9(2)10-3-5-12(6-4-10)15-8-11(14)7-13/h3-6,9,11,13-14H,7-8H2,1-2H3. The average Bonchev–Trinajstić information content (AvgIpc) is 2.26. The third kappa shape index (κ3) is 3.90. The van der Waals surface area contributed by atoms with E-state index >= 15 is 0 Å². The van der Waals surface area contributed by atoms with Crippen LogP contribution in [-0.4, -0.2) is 29.5 Å². The minimum atomic E-state index is -0.810. The molecule has 0 bridgehead atoms. The summed E-state index contributed by atoms with van der Waals surface area (Å²) < 4.78 is 5.28. The Labute approximate surface area is 90.3 Å². The lowest BCUT2D eigenvalue weighted by atomic mass is 10.0. The lowest BCUT2D eigenvalue weighted by Gasteiger charge is -2.11. The van der Waals surface area contributed by atoms with E-state index in [1.807, 2.05) is 24.3 Å². The van der Waals surface area contributed by atoms with E-state index in [4.69, 9.17) is 14.9 Å². The number of ether oxygens (including phenoxy) is 1. The zero-order valence-electron chi connectivity index (χ0n) is 9.18. The Bertz CT molecular complexity index is 279. The van der Waals surface area contributed by atoms with Crippen LogP contribution in [-0.2, 0) is 0 Å². The second kappa shape index (κ2) is 5.73. The van der Waals surface area contributed by atoms with Crippen molar-refractivity contribution in [3.8, 4) is 5.75 Å². The van der Waals surface area contributed by atoms with Crippen LogP contribution in [0.1, 0.15) is 25.3 Å². The van der Waals surface area contributed by atoms with Crippen LogP contribution in [0, 0.1) is 0 Å². The molecular weight excluding hydrogens is 192 g/mol. The average molecular weight is 210 g/mol. The van der Waals surface area contributed by atoms with Gasteiger partial charge in [-0.05, 0) is 23.6 Å². The van der Waals surface area contributed by atoms with Crippen molar-refractivity contribution in [3.63, 3.8) is 0 Å². The number of hydrogen-bond donors (Lipinski definition) is 2. The quantitative estimate of drug-likeness (QED) is 0.775. The number of benzene rings is 1. The molecule has 84 valence electrons. The lowest BCUT2D eigenvalue weighted by Crippen LogP contribution is -2.21. The van der Waals surface area contributed by atoms with Gasteiger partial charge in [0.2, 0.25) is 0 Å². The summed E-state index contributed by atoms with van der Waals surface area (Å²) in [4.78, 5) is 0. The van der Waals surface area contributed by atoms with Gasteiger partial charge in [0.05, 0.1) is 6.61 Å². The van der Waals surface area contributed by atoms with Gasteiger partial charge >= 0.3 is 0 Å². The van der Waals surface area contributed by atoms with E-state index in [9.17, 15) is 0 Å². The molecule has 3 heteroatoms. The molecule has 15 heavy (non-hydrogen) atoms. The van der Waals surface area contributed by atoms with E-state index in [0.717, 1.165) is 0 Å². The first-order valence-electron chi connectivity index (χ1n) is 5.15. The Kier molecular flexibility index (Phi) is 4.59. The summed E-state index contributed by atoms with van der Waals surface area (Å²) >= 11 is 0. The number of aliphatic hydroxyl groups is 2. The highest BCUT2D eigenvalue weighted by molar-refractivity contribution is 5.28. The molecule has 1 rings (SSSR count). The zero-order valence-corrected chi connectivity index (χ0v) is 9.18. The molecule has 0 radical (unpaired) electrons. The Balaban J connectivity index is 2.50. The number of aliphatic hydroxyl groups excluding tert-OH is 2. The normalized spacial score (nSPS) is 12.9. The van der Waals surface area contributed by atoms with E-state index < -0.39 is 6.10 Å². The molecule has 0 aromatic heterocycles. The molecule has 0 saturated carbocycles. The molecule has 0 saturated heterocycles. The Hall–Kier alpha value is -1.06. The fraction of sp³-hybridized carbons (Fsp3) is 0.500. The van der Waals surface area contributed by atoms with E-state index in [1.54, 1.807) is 0 Å². The van der Waals surface area contributed by atoms with Crippen molar-refractivity contribution >= 4 is 0 Å². The van der Waals surface area contributed by atoms with Gasteiger partial charge in [0, 0.05) is 0 Å². The SMILES string of the molecule is CC(C)c1ccc(OCC(O)CO)cc1. The third-order valence-corrected chi connectivity index (χ3v) is 2.20. The van der Waals surface area contributed by atoms with E-state index in [1.165, 1.54) is 5.56 Å². The van der Waals surface area contributed by atoms with Gasteiger partial charge in [0.25, 0.3) is 0 Å². The van der Waals surface area contributed by atoms with Gasteiger partial charge in [0.1, 0.15) is 18.5 Å². The Morgan fingerprint density at radius 2 is 1.80 bits per heavy atom. The van der Waals surface area contributed by atoms with Crippen molar-refractivity contribution in [3.05, 3.63) is 29.8 Å². The summed E-state index contributed by atoms with van der Waals surface area (Å²) in [6.45, 7) is 4.11. The van der Waals surface area contributed by atoms with Crippen LogP contribution < -0.4 is 4.74 Å². The number of hydrogen-bond acceptors (Lipinski definition) is 3. The van der Waals surface area contributed by atoms with Crippen molar-refractivity contribution in [1.29, 1.82) is 0 Å². The molecule has 0 aliphatic rings. The molecule has 0 aliphatic carbocycles. The molecule has 1 atom stereocenters. The summed E-state index contributed by atoms with van der Waals surface area (Å²) in [7, 11) is 0. The van der Waals surface area contributed by atoms with Gasteiger partial charge in [-0.3, -0.25) is 0 Å². The topological polar surface area (TPSA) is 49.7 Å². The summed E-state index contributed by atoms with van der Waals surface area (Å²) in [5.74, 6) is 1.22. The van der Waals surface area contributed by atoms with Crippen LogP contribution >= 0.6 is 0 Å². The molecule has 2 N–H and O–H groups in total. The third-order valence-electron chi connectivity index (χ3n) is 2.20. The monoisotopic (exact) mass is 210 g/mol. The van der Waals surface area contributed by atoms with E-state index in [0.29, 0.717) is 11.7 Å². The van der Waals surface area contributed by atoms with Crippen LogP contribution in [0.3, 0.4) is 0 Å². The molecule has 1 aromatic carbocycles. The minimum Gasteiger partial charge on any atom is -0.491 e. The van der Waals surface area contributed by atoms with Gasteiger partial charge < -0.3 is 14.9 Å². The Morgan fingerprint density at radius 1 is 1.20 bits per heavy atom. The van der Waals surface area contributed by atoms with Gasteiger partial charge in [-0.2, -0.15) is 0 Å². The first kappa shape index (κ1) is 12.0. The van der Waals surface area contributed by atoms with Crippen LogP contribution in [0.25, 0.3) is 0 Å². The summed E-state index contributed by atoms with van der Waals surface area (Å²) in [5, 5.41) is 17.7. The van der Waals surface area contributed by atoms with Crippen molar-refractivity contribution < 1.29 is 14.9 Å². The van der Waals surface area contributed by atoms with Crippen molar-refractivity contribution in [2.45, 2.75) is 25.9 Å². The fourth-order valence-electron chi connectivity index (χ4n) is 1.19. The van der Waals surface area contributed by atoms with Gasteiger partial charge in [0.15, 0.2) is 0 Å². The first-order valence-corrected chi connectivity index (χ1v) is 5.15. The predicted molar refractivity (Wildman–Crippen MR) is 59.1 cm³/mol. The molecule has 0 heterocycles. The fourth-order valence-corrected chi connectivity index (χ4v) is 1.19. The van der Waals surface area contributed by atoms with E-state index in [-0.39, 0.29) is 13.2 Å². The van der Waals surface area contributed by atoms with Gasteiger partial charge in [-0.15, -0.1) is 0 Å². The lowest BCUT2D eigenvalue weighted by molar-refractivity contribution is 0.0536. The highest BCUT2D eigenvalue weighted by Crippen LogP contribution is 2.18. The van der Waals surface area contributed by atoms with Crippen molar-refractivity contribution in [2.24, 2.45) is 0 Å². The molecule has 0 spiro atoms. The van der Waals surface area contributed by atoms with Crippen molar-refractivity contribution in [2.75, 3.05) is 13.2 Å². The largest absolute Gasteiger partial charge is 0.491 e. The predicted octanol–water partition coefficient (Wildman–Crippen LogP) is 1.54. The maximum absolute atomic E-state index is 9.09. The van der Waals surface area contributed by atoms with Crippen LogP contribution in [0.15, 0.2) is 24.3 Å². The minimum absolute atomic E-state index is 0.123. The highest BCUT2D eigenvalue weighted by atomic mass is 16.5. The molecule has 0 aliphatic heterocycles. The van der Waals surface area contributed by atoms with Crippen molar-refractivity contribution in [1.82, 2.24) is 0 Å². The first-order chi connectivity index (χ1) is 7.13. The molecule has 3 nitrogen and oxygen atoms in total. The second-order valence-corrected chi connectivity index (χ2v) is 3.87. The van der Waals surface area contributed by atoms with Crippen LogP contribution in [0.2, 0.25) is 0 Å². The molecule has 0 amide bonds. The van der Waals surface area contributed by atoms with Crippen LogP contribution in [0.4, 0.5) is 0 Å². The zero-order chi connectivity index (χ0) is 11.3. The maximum Gasteiger partial charge on any atom is 0.119 e.